The maximum Gasteiger partial charge on any atom is 0.257 e. The number of morpholine rings is 1. The lowest BCUT2D eigenvalue weighted by Gasteiger charge is -2.36. The van der Waals surface area contributed by atoms with Crippen molar-refractivity contribution in [2.24, 2.45) is 0 Å². The fraction of sp³-hybridized carbons (Fsp3) is 0.538. The van der Waals surface area contributed by atoms with Gasteiger partial charge in [0.2, 0.25) is 0 Å². The van der Waals surface area contributed by atoms with Crippen molar-refractivity contribution < 1.29 is 14.3 Å². The van der Waals surface area contributed by atoms with Gasteiger partial charge in [-0.2, -0.15) is 0 Å². The van der Waals surface area contributed by atoms with Crippen molar-refractivity contribution in [3.8, 4) is 5.75 Å². The molecule has 0 bridgehead atoms. The van der Waals surface area contributed by atoms with E-state index in [0.29, 0.717) is 29.7 Å². The fourth-order valence-corrected chi connectivity index (χ4v) is 2.54. The summed E-state index contributed by atoms with van der Waals surface area (Å²) in [4.78, 5) is 18.3. The summed E-state index contributed by atoms with van der Waals surface area (Å²) in [7, 11) is 1.54. The van der Waals surface area contributed by atoms with Crippen molar-refractivity contribution in [2.75, 3.05) is 25.5 Å². The van der Waals surface area contributed by atoms with Gasteiger partial charge in [-0.15, -0.1) is 0 Å². The van der Waals surface area contributed by atoms with E-state index < -0.39 is 0 Å². The van der Waals surface area contributed by atoms with Gasteiger partial charge in [-0.05, 0) is 13.0 Å². The molecule has 2 rings (SSSR count). The summed E-state index contributed by atoms with van der Waals surface area (Å²) in [5.74, 6) is 0.461. The second kappa shape index (κ2) is 6.34. The van der Waals surface area contributed by atoms with Crippen LogP contribution in [-0.4, -0.2) is 53.5 Å². The van der Waals surface area contributed by atoms with Crippen LogP contribution in [-0.2, 0) is 4.74 Å². The highest BCUT2D eigenvalue weighted by Crippen LogP contribution is 2.21. The van der Waals surface area contributed by atoms with Crippen molar-refractivity contribution in [3.63, 3.8) is 0 Å². The SMILES string of the molecule is COc1cnccc1C(=O)N1CC(C)OC(CBr)C1. The maximum absolute atomic E-state index is 12.5. The van der Waals surface area contributed by atoms with E-state index >= 15 is 0 Å². The molecule has 1 aromatic rings. The van der Waals surface area contributed by atoms with Crippen LogP contribution in [0, 0.1) is 0 Å². The van der Waals surface area contributed by atoms with Crippen LogP contribution in [0.3, 0.4) is 0 Å². The zero-order chi connectivity index (χ0) is 13.8. The maximum atomic E-state index is 12.5. The summed E-state index contributed by atoms with van der Waals surface area (Å²) in [5.41, 5.74) is 0.542. The number of amides is 1. The molecule has 0 aromatic carbocycles. The Morgan fingerprint density at radius 1 is 1.63 bits per heavy atom. The van der Waals surface area contributed by atoms with Gasteiger partial charge in [0.15, 0.2) is 0 Å². The molecule has 6 heteroatoms. The Balaban J connectivity index is 2.18. The zero-order valence-corrected chi connectivity index (χ0v) is 12.6. The van der Waals surface area contributed by atoms with Gasteiger partial charge in [-0.3, -0.25) is 9.78 Å². The van der Waals surface area contributed by atoms with Gasteiger partial charge in [0.05, 0.1) is 31.1 Å². The van der Waals surface area contributed by atoms with Gasteiger partial charge in [-0.25, -0.2) is 0 Å². The summed E-state index contributed by atoms with van der Waals surface area (Å²) in [6, 6.07) is 1.68. The van der Waals surface area contributed by atoms with Crippen LogP contribution in [0.15, 0.2) is 18.5 Å². The summed E-state index contributed by atoms with van der Waals surface area (Å²) in [5, 5.41) is 0.717. The third-order valence-corrected chi connectivity index (χ3v) is 3.74. The minimum atomic E-state index is -0.0413. The van der Waals surface area contributed by atoms with Gasteiger partial charge < -0.3 is 14.4 Å². The topological polar surface area (TPSA) is 51.7 Å². The molecule has 104 valence electrons. The lowest BCUT2D eigenvalue weighted by Crippen LogP contribution is -2.49. The molecule has 5 nitrogen and oxygen atoms in total. The Hall–Kier alpha value is -1.14. The molecule has 19 heavy (non-hydrogen) atoms. The van der Waals surface area contributed by atoms with Crippen LogP contribution in [0.1, 0.15) is 17.3 Å². The Morgan fingerprint density at radius 3 is 3.11 bits per heavy atom. The van der Waals surface area contributed by atoms with Crippen molar-refractivity contribution >= 4 is 21.8 Å². The molecule has 1 saturated heterocycles. The fourth-order valence-electron chi connectivity index (χ4n) is 2.19. The van der Waals surface area contributed by atoms with Crippen LogP contribution in [0.5, 0.6) is 5.75 Å². The van der Waals surface area contributed by atoms with Crippen LogP contribution in [0.25, 0.3) is 0 Å². The number of aromatic nitrogens is 1. The molecule has 1 aromatic heterocycles. The van der Waals surface area contributed by atoms with Crippen LogP contribution >= 0.6 is 15.9 Å². The lowest BCUT2D eigenvalue weighted by atomic mass is 10.1. The van der Waals surface area contributed by atoms with Gasteiger partial charge in [0.1, 0.15) is 5.75 Å². The molecule has 1 amide bonds. The van der Waals surface area contributed by atoms with Gasteiger partial charge in [0, 0.05) is 24.6 Å². The summed E-state index contributed by atoms with van der Waals surface area (Å²) >= 11 is 3.40. The Kier molecular flexibility index (Phi) is 4.76. The van der Waals surface area contributed by atoms with Crippen molar-refractivity contribution in [3.05, 3.63) is 24.0 Å². The molecular weight excluding hydrogens is 312 g/mol. The number of nitrogens with zero attached hydrogens (tertiary/aromatic N) is 2. The predicted molar refractivity (Wildman–Crippen MR) is 74.8 cm³/mol. The normalized spacial score (nSPS) is 23.2. The van der Waals surface area contributed by atoms with E-state index in [-0.39, 0.29) is 18.1 Å². The number of halogens is 1. The molecule has 2 unspecified atom stereocenters. The van der Waals surface area contributed by atoms with Crippen LogP contribution in [0.2, 0.25) is 0 Å². The summed E-state index contributed by atoms with van der Waals surface area (Å²) in [6.07, 6.45) is 3.22. The van der Waals surface area contributed by atoms with Gasteiger partial charge >= 0.3 is 0 Å². The molecule has 0 spiro atoms. The quantitative estimate of drug-likeness (QED) is 0.793. The van der Waals surface area contributed by atoms with E-state index in [0.717, 1.165) is 0 Å². The Bertz CT molecular complexity index is 455. The first kappa shape index (κ1) is 14.3. The van der Waals surface area contributed by atoms with E-state index in [2.05, 4.69) is 20.9 Å². The van der Waals surface area contributed by atoms with E-state index in [1.807, 2.05) is 6.92 Å². The van der Waals surface area contributed by atoms with Gasteiger partial charge in [-0.1, -0.05) is 15.9 Å². The number of rotatable bonds is 3. The van der Waals surface area contributed by atoms with E-state index in [1.165, 1.54) is 7.11 Å². The predicted octanol–water partition coefficient (Wildman–Crippen LogP) is 1.71. The summed E-state index contributed by atoms with van der Waals surface area (Å²) < 4.78 is 10.9. The second-order valence-electron chi connectivity index (χ2n) is 4.51. The number of ether oxygens (including phenoxy) is 2. The zero-order valence-electron chi connectivity index (χ0n) is 11.0. The first-order valence-electron chi connectivity index (χ1n) is 6.14. The molecular formula is C13H17BrN2O3. The molecule has 1 aliphatic heterocycles. The monoisotopic (exact) mass is 328 g/mol. The molecule has 0 saturated carbocycles. The van der Waals surface area contributed by atoms with Crippen LogP contribution in [0.4, 0.5) is 0 Å². The first-order chi connectivity index (χ1) is 9.15. The molecule has 0 radical (unpaired) electrons. The third-order valence-electron chi connectivity index (χ3n) is 3.02. The van der Waals surface area contributed by atoms with Crippen LogP contribution < -0.4 is 4.74 Å². The van der Waals surface area contributed by atoms with Crippen molar-refractivity contribution in [1.29, 1.82) is 0 Å². The molecule has 2 heterocycles. The van der Waals surface area contributed by atoms with E-state index in [1.54, 1.807) is 23.4 Å². The highest BCUT2D eigenvalue weighted by Gasteiger charge is 2.29. The van der Waals surface area contributed by atoms with E-state index in [4.69, 9.17) is 9.47 Å². The first-order valence-corrected chi connectivity index (χ1v) is 7.26. The number of pyridine rings is 1. The highest BCUT2D eigenvalue weighted by molar-refractivity contribution is 9.09. The number of hydrogen-bond donors (Lipinski definition) is 0. The minimum Gasteiger partial charge on any atom is -0.494 e. The largest absolute Gasteiger partial charge is 0.494 e. The standard InChI is InChI=1S/C13H17BrN2O3/c1-9-7-16(8-10(5-14)19-9)13(17)11-3-4-15-6-12(11)18-2/h3-4,6,9-10H,5,7-8H2,1-2H3. The number of carbonyl (C=O) groups excluding carboxylic acids is 1. The van der Waals surface area contributed by atoms with Crippen molar-refractivity contribution in [1.82, 2.24) is 9.88 Å². The summed E-state index contributed by atoms with van der Waals surface area (Å²) in [6.45, 7) is 3.15. The average Bonchev–Trinajstić information content (AvgIpc) is 2.45. The smallest absolute Gasteiger partial charge is 0.257 e. The Morgan fingerprint density at radius 2 is 2.42 bits per heavy atom. The number of alkyl halides is 1. The lowest BCUT2D eigenvalue weighted by molar-refractivity contribution is -0.0560. The molecule has 1 aliphatic rings. The van der Waals surface area contributed by atoms with E-state index in [9.17, 15) is 4.79 Å². The molecule has 0 N–H and O–H groups in total. The molecule has 1 fully saturated rings. The number of hydrogen-bond acceptors (Lipinski definition) is 4. The number of carbonyl (C=O) groups is 1. The minimum absolute atomic E-state index is 0.0283. The molecule has 0 aliphatic carbocycles. The highest BCUT2D eigenvalue weighted by atomic mass is 79.9. The van der Waals surface area contributed by atoms with Gasteiger partial charge in [0.25, 0.3) is 5.91 Å². The molecule has 2 atom stereocenters. The average molecular weight is 329 g/mol. The Labute approximate surface area is 121 Å². The van der Waals surface area contributed by atoms with Crippen molar-refractivity contribution in [2.45, 2.75) is 19.1 Å². The third kappa shape index (κ3) is 3.25. The second-order valence-corrected chi connectivity index (χ2v) is 5.16. The number of methoxy groups -OCH3 is 1.